The van der Waals surface area contributed by atoms with E-state index >= 15 is 0 Å². The Morgan fingerprint density at radius 1 is 1.15 bits per heavy atom. The fourth-order valence-corrected chi connectivity index (χ4v) is 4.61. The molecule has 27 heavy (non-hydrogen) atoms. The number of aromatic nitrogens is 1. The highest BCUT2D eigenvalue weighted by atomic mass is 16.5. The van der Waals surface area contributed by atoms with E-state index in [1.165, 1.54) is 24.8 Å². The van der Waals surface area contributed by atoms with Gasteiger partial charge in [-0.05, 0) is 50.9 Å². The Morgan fingerprint density at radius 3 is 2.74 bits per heavy atom. The van der Waals surface area contributed by atoms with E-state index in [2.05, 4.69) is 34.6 Å². The number of piperidine rings is 1. The van der Waals surface area contributed by atoms with Gasteiger partial charge in [-0.2, -0.15) is 0 Å². The van der Waals surface area contributed by atoms with Gasteiger partial charge in [-0.1, -0.05) is 24.6 Å². The van der Waals surface area contributed by atoms with Crippen molar-refractivity contribution in [3.8, 4) is 0 Å². The summed E-state index contributed by atoms with van der Waals surface area (Å²) in [5.74, 6) is 0.127. The SMILES string of the molecule is Cc1cccc2cc(C(=O)N3CCCO[C@H](CN4CCCCC4)C3)n(C)c12. The van der Waals surface area contributed by atoms with Gasteiger partial charge in [0.1, 0.15) is 5.69 Å². The Balaban J connectivity index is 1.52. The standard InChI is InChI=1S/C22H31N3O2/c1-17-8-6-9-18-14-20(23(2)21(17)18)22(26)25-12-7-13-27-19(16-25)15-24-10-4-3-5-11-24/h6,8-9,14,19H,3-5,7,10-13,15-16H2,1-2H3/t19-/m1/s1. The van der Waals surface area contributed by atoms with E-state index < -0.39 is 0 Å². The first-order chi connectivity index (χ1) is 13.1. The van der Waals surface area contributed by atoms with Gasteiger partial charge in [0.05, 0.1) is 11.6 Å². The highest BCUT2D eigenvalue weighted by Crippen LogP contribution is 2.24. The zero-order valence-corrected chi connectivity index (χ0v) is 16.6. The van der Waals surface area contributed by atoms with E-state index in [0.717, 1.165) is 55.8 Å². The van der Waals surface area contributed by atoms with Gasteiger partial charge in [0.15, 0.2) is 0 Å². The van der Waals surface area contributed by atoms with Gasteiger partial charge < -0.3 is 19.1 Å². The van der Waals surface area contributed by atoms with Gasteiger partial charge in [-0.15, -0.1) is 0 Å². The van der Waals surface area contributed by atoms with E-state index in [1.54, 1.807) is 0 Å². The number of hydrogen-bond donors (Lipinski definition) is 0. The summed E-state index contributed by atoms with van der Waals surface area (Å²) in [6, 6.07) is 8.28. The Hall–Kier alpha value is -1.85. The van der Waals surface area contributed by atoms with Crippen LogP contribution in [0.25, 0.3) is 10.9 Å². The number of amides is 1. The second kappa shape index (κ2) is 8.03. The lowest BCUT2D eigenvalue weighted by Crippen LogP contribution is -2.44. The molecule has 0 unspecified atom stereocenters. The van der Waals surface area contributed by atoms with Crippen molar-refractivity contribution in [1.29, 1.82) is 0 Å². The molecular weight excluding hydrogens is 338 g/mol. The molecule has 2 aliphatic rings. The third-order valence-corrected chi connectivity index (χ3v) is 6.02. The lowest BCUT2D eigenvalue weighted by molar-refractivity contribution is 0.0215. The maximum atomic E-state index is 13.3. The summed E-state index contributed by atoms with van der Waals surface area (Å²) in [7, 11) is 2.00. The fraction of sp³-hybridized carbons (Fsp3) is 0.591. The van der Waals surface area contributed by atoms with Crippen molar-refractivity contribution < 1.29 is 9.53 Å². The summed E-state index contributed by atoms with van der Waals surface area (Å²) in [6.45, 7) is 7.58. The highest BCUT2D eigenvalue weighted by molar-refractivity contribution is 5.99. The molecule has 1 aromatic heterocycles. The Kier molecular flexibility index (Phi) is 5.50. The van der Waals surface area contributed by atoms with Crippen LogP contribution in [0.1, 0.15) is 41.7 Å². The van der Waals surface area contributed by atoms with Crippen molar-refractivity contribution in [2.45, 2.75) is 38.7 Å². The molecule has 1 aromatic carbocycles. The van der Waals surface area contributed by atoms with Crippen LogP contribution in [0.2, 0.25) is 0 Å². The average Bonchev–Trinajstić information content (AvgIpc) is 2.86. The number of likely N-dealkylation sites (tertiary alicyclic amines) is 1. The lowest BCUT2D eigenvalue weighted by atomic mass is 10.1. The fourth-order valence-electron chi connectivity index (χ4n) is 4.61. The van der Waals surface area contributed by atoms with Gasteiger partial charge in [0.25, 0.3) is 5.91 Å². The quantitative estimate of drug-likeness (QED) is 0.834. The maximum Gasteiger partial charge on any atom is 0.270 e. The first-order valence-corrected chi connectivity index (χ1v) is 10.3. The normalized spacial score (nSPS) is 22.1. The molecule has 0 aliphatic carbocycles. The molecular formula is C22H31N3O2. The molecule has 2 aliphatic heterocycles. The minimum Gasteiger partial charge on any atom is -0.375 e. The van der Waals surface area contributed by atoms with E-state index in [-0.39, 0.29) is 12.0 Å². The molecule has 3 heterocycles. The summed E-state index contributed by atoms with van der Waals surface area (Å²) in [6.07, 6.45) is 4.93. The zero-order chi connectivity index (χ0) is 18.8. The third-order valence-electron chi connectivity index (χ3n) is 6.02. The van der Waals surface area contributed by atoms with Gasteiger partial charge >= 0.3 is 0 Å². The van der Waals surface area contributed by atoms with E-state index in [0.29, 0.717) is 6.54 Å². The van der Waals surface area contributed by atoms with E-state index in [1.807, 2.05) is 18.0 Å². The average molecular weight is 370 g/mol. The van der Waals surface area contributed by atoms with Crippen molar-refractivity contribution in [2.75, 3.05) is 39.3 Å². The number of aryl methyl sites for hydroxylation is 2. The Bertz CT molecular complexity index is 807. The van der Waals surface area contributed by atoms with Crippen molar-refractivity contribution in [3.63, 3.8) is 0 Å². The van der Waals surface area contributed by atoms with Crippen molar-refractivity contribution in [1.82, 2.24) is 14.4 Å². The number of carbonyl (C=O) groups excluding carboxylic acids is 1. The van der Waals surface area contributed by atoms with Gasteiger partial charge in [0.2, 0.25) is 0 Å². The minimum absolute atomic E-state index is 0.117. The molecule has 2 aromatic rings. The van der Waals surface area contributed by atoms with Crippen LogP contribution in [0.15, 0.2) is 24.3 Å². The number of hydrogen-bond acceptors (Lipinski definition) is 3. The largest absolute Gasteiger partial charge is 0.375 e. The molecule has 5 heteroatoms. The summed E-state index contributed by atoms with van der Waals surface area (Å²) >= 11 is 0. The summed E-state index contributed by atoms with van der Waals surface area (Å²) in [4.78, 5) is 17.8. The van der Waals surface area contributed by atoms with Gasteiger partial charge in [0, 0.05) is 38.7 Å². The first kappa shape index (κ1) is 18.5. The first-order valence-electron chi connectivity index (χ1n) is 10.3. The Labute approximate surface area is 161 Å². The van der Waals surface area contributed by atoms with Crippen LogP contribution in [0.3, 0.4) is 0 Å². The molecule has 0 N–H and O–H groups in total. The Morgan fingerprint density at radius 2 is 1.96 bits per heavy atom. The lowest BCUT2D eigenvalue weighted by Gasteiger charge is -2.31. The molecule has 146 valence electrons. The van der Waals surface area contributed by atoms with Crippen molar-refractivity contribution in [3.05, 3.63) is 35.5 Å². The number of rotatable bonds is 3. The van der Waals surface area contributed by atoms with E-state index in [9.17, 15) is 4.79 Å². The molecule has 0 spiro atoms. The molecule has 0 saturated carbocycles. The number of fused-ring (bicyclic) bond motifs is 1. The summed E-state index contributed by atoms with van der Waals surface area (Å²) in [5.41, 5.74) is 3.13. The zero-order valence-electron chi connectivity index (χ0n) is 16.6. The molecule has 1 atom stereocenters. The van der Waals surface area contributed by atoms with Crippen LogP contribution in [0.4, 0.5) is 0 Å². The second-order valence-electron chi connectivity index (χ2n) is 8.06. The monoisotopic (exact) mass is 369 g/mol. The highest BCUT2D eigenvalue weighted by Gasteiger charge is 2.27. The molecule has 5 nitrogen and oxygen atoms in total. The van der Waals surface area contributed by atoms with Crippen molar-refractivity contribution in [2.24, 2.45) is 7.05 Å². The number of carbonyl (C=O) groups is 1. The molecule has 4 rings (SSSR count). The molecule has 0 radical (unpaired) electrons. The van der Waals surface area contributed by atoms with Crippen LogP contribution in [-0.2, 0) is 11.8 Å². The third kappa shape index (κ3) is 3.90. The molecule has 1 amide bonds. The smallest absolute Gasteiger partial charge is 0.270 e. The van der Waals surface area contributed by atoms with Gasteiger partial charge in [-0.3, -0.25) is 4.79 Å². The topological polar surface area (TPSA) is 37.7 Å². The summed E-state index contributed by atoms with van der Waals surface area (Å²) < 4.78 is 8.14. The van der Waals surface area contributed by atoms with Gasteiger partial charge in [-0.25, -0.2) is 0 Å². The van der Waals surface area contributed by atoms with Crippen LogP contribution < -0.4 is 0 Å². The number of ether oxygens (including phenoxy) is 1. The second-order valence-corrected chi connectivity index (χ2v) is 8.06. The maximum absolute atomic E-state index is 13.3. The van der Waals surface area contributed by atoms with Crippen LogP contribution >= 0.6 is 0 Å². The van der Waals surface area contributed by atoms with E-state index in [4.69, 9.17) is 4.74 Å². The number of nitrogens with zero attached hydrogens (tertiary/aromatic N) is 3. The number of para-hydroxylation sites is 1. The molecule has 2 fully saturated rings. The van der Waals surface area contributed by atoms with Crippen LogP contribution in [-0.4, -0.2) is 65.7 Å². The van der Waals surface area contributed by atoms with Crippen molar-refractivity contribution >= 4 is 16.8 Å². The number of benzene rings is 1. The molecule has 0 bridgehead atoms. The molecule has 2 saturated heterocycles. The van der Waals surface area contributed by atoms with Crippen LogP contribution in [0, 0.1) is 6.92 Å². The predicted molar refractivity (Wildman–Crippen MR) is 108 cm³/mol. The summed E-state index contributed by atoms with van der Waals surface area (Å²) in [5, 5.41) is 1.14. The minimum atomic E-state index is 0.117. The van der Waals surface area contributed by atoms with Crippen LogP contribution in [0.5, 0.6) is 0 Å². The predicted octanol–water partition coefficient (Wildman–Crippen LogP) is 3.20.